The minimum atomic E-state index is 0.310. The third-order valence-electron chi connectivity index (χ3n) is 2.96. The summed E-state index contributed by atoms with van der Waals surface area (Å²) in [7, 11) is 0. The zero-order chi connectivity index (χ0) is 9.35. The fourth-order valence-electron chi connectivity index (χ4n) is 2.06. The Morgan fingerprint density at radius 3 is 2.25 bits per heavy atom. The van der Waals surface area contributed by atoms with Gasteiger partial charge in [-0.15, -0.1) is 0 Å². The van der Waals surface area contributed by atoms with E-state index in [0.29, 0.717) is 23.0 Å². The first kappa shape index (κ1) is 9.76. The maximum absolute atomic E-state index is 11.3. The second kappa shape index (κ2) is 3.20. The Morgan fingerprint density at radius 1 is 1.25 bits per heavy atom. The van der Waals surface area contributed by atoms with Crippen LogP contribution in [0.25, 0.3) is 0 Å². The van der Waals surface area contributed by atoms with Gasteiger partial charge in [0.15, 0.2) is 0 Å². The van der Waals surface area contributed by atoms with E-state index in [1.165, 1.54) is 6.42 Å². The van der Waals surface area contributed by atoms with Crippen molar-refractivity contribution >= 4 is 5.78 Å². The van der Waals surface area contributed by atoms with E-state index >= 15 is 0 Å². The molecule has 0 saturated heterocycles. The molecule has 70 valence electrons. The largest absolute Gasteiger partial charge is 0.300 e. The van der Waals surface area contributed by atoms with Gasteiger partial charge in [-0.2, -0.15) is 0 Å². The normalized spacial score (nSPS) is 32.2. The van der Waals surface area contributed by atoms with Crippen molar-refractivity contribution < 1.29 is 4.79 Å². The molecule has 2 unspecified atom stereocenters. The molecule has 0 aliphatic heterocycles. The van der Waals surface area contributed by atoms with E-state index in [0.717, 1.165) is 12.8 Å². The molecular formula is C11H20O. The first-order valence-electron chi connectivity index (χ1n) is 4.91. The lowest BCUT2D eigenvalue weighted by Gasteiger charge is -2.35. The highest BCUT2D eigenvalue weighted by Crippen LogP contribution is 2.38. The van der Waals surface area contributed by atoms with Crippen LogP contribution in [0.1, 0.15) is 47.0 Å². The second-order valence-electron chi connectivity index (χ2n) is 5.35. The molecule has 0 aromatic rings. The summed E-state index contributed by atoms with van der Waals surface area (Å²) in [6, 6.07) is 0. The maximum atomic E-state index is 11.3. The summed E-state index contributed by atoms with van der Waals surface area (Å²) in [5.41, 5.74) is 0.310. The molecule has 0 N–H and O–H groups in total. The molecule has 0 amide bonds. The molecule has 2 atom stereocenters. The van der Waals surface area contributed by atoms with E-state index in [4.69, 9.17) is 0 Å². The van der Waals surface area contributed by atoms with Crippen LogP contribution in [-0.2, 0) is 4.79 Å². The van der Waals surface area contributed by atoms with Crippen LogP contribution < -0.4 is 0 Å². The molecule has 0 aromatic carbocycles. The Morgan fingerprint density at radius 2 is 1.83 bits per heavy atom. The highest BCUT2D eigenvalue weighted by atomic mass is 16.1. The van der Waals surface area contributed by atoms with Crippen LogP contribution in [0.5, 0.6) is 0 Å². The predicted molar refractivity (Wildman–Crippen MR) is 51.0 cm³/mol. The first-order valence-corrected chi connectivity index (χ1v) is 4.91. The fraction of sp³-hybridized carbons (Fsp3) is 0.909. The van der Waals surface area contributed by atoms with E-state index in [9.17, 15) is 4.79 Å². The van der Waals surface area contributed by atoms with E-state index in [1.54, 1.807) is 0 Å². The Kier molecular flexibility index (Phi) is 2.60. The van der Waals surface area contributed by atoms with Gasteiger partial charge in [-0.3, -0.25) is 4.79 Å². The summed E-state index contributed by atoms with van der Waals surface area (Å²) in [5, 5.41) is 0. The molecule has 1 fully saturated rings. The van der Waals surface area contributed by atoms with Gasteiger partial charge in [-0.1, -0.05) is 27.7 Å². The van der Waals surface area contributed by atoms with Crippen molar-refractivity contribution in [2.75, 3.05) is 0 Å². The summed E-state index contributed by atoms with van der Waals surface area (Å²) < 4.78 is 0. The van der Waals surface area contributed by atoms with Gasteiger partial charge >= 0.3 is 0 Å². The number of Topliss-reactive ketones (excluding diaryl/α,β-unsaturated/α-hetero) is 1. The molecule has 0 radical (unpaired) electrons. The minimum absolute atomic E-state index is 0.310. The van der Waals surface area contributed by atoms with Gasteiger partial charge in [0, 0.05) is 12.8 Å². The van der Waals surface area contributed by atoms with Crippen LogP contribution in [-0.4, -0.2) is 5.78 Å². The monoisotopic (exact) mass is 168 g/mol. The smallest absolute Gasteiger partial charge is 0.133 e. The number of hydrogen-bond donors (Lipinski definition) is 0. The van der Waals surface area contributed by atoms with E-state index in [1.807, 2.05) is 0 Å². The van der Waals surface area contributed by atoms with Crippen molar-refractivity contribution in [1.29, 1.82) is 0 Å². The quantitative estimate of drug-likeness (QED) is 0.543. The van der Waals surface area contributed by atoms with Crippen LogP contribution in [0.4, 0.5) is 0 Å². The van der Waals surface area contributed by atoms with Crippen molar-refractivity contribution in [1.82, 2.24) is 0 Å². The van der Waals surface area contributed by atoms with Crippen LogP contribution >= 0.6 is 0 Å². The van der Waals surface area contributed by atoms with E-state index in [-0.39, 0.29) is 0 Å². The average molecular weight is 168 g/mol. The Balaban J connectivity index is 2.62. The van der Waals surface area contributed by atoms with Crippen molar-refractivity contribution in [3.8, 4) is 0 Å². The van der Waals surface area contributed by atoms with Gasteiger partial charge in [-0.05, 0) is 23.7 Å². The van der Waals surface area contributed by atoms with Crippen molar-refractivity contribution in [2.45, 2.75) is 47.0 Å². The molecular weight excluding hydrogens is 148 g/mol. The molecule has 0 aromatic heterocycles. The lowest BCUT2D eigenvalue weighted by atomic mass is 9.69. The standard InChI is InChI=1S/C11H20O/c1-8-5-9(11(2,3)4)7-10(12)6-8/h8-9H,5-7H2,1-4H3. The fourth-order valence-corrected chi connectivity index (χ4v) is 2.06. The van der Waals surface area contributed by atoms with Gasteiger partial charge in [0.2, 0.25) is 0 Å². The molecule has 0 spiro atoms. The lowest BCUT2D eigenvalue weighted by molar-refractivity contribution is -0.124. The second-order valence-corrected chi connectivity index (χ2v) is 5.35. The van der Waals surface area contributed by atoms with Crippen LogP contribution in [0.3, 0.4) is 0 Å². The summed E-state index contributed by atoms with van der Waals surface area (Å²) in [4.78, 5) is 11.3. The van der Waals surface area contributed by atoms with Crippen molar-refractivity contribution in [3.63, 3.8) is 0 Å². The first-order chi connectivity index (χ1) is 5.39. The summed E-state index contributed by atoms with van der Waals surface area (Å²) >= 11 is 0. The molecule has 0 heterocycles. The average Bonchev–Trinajstić information content (AvgIpc) is 1.82. The van der Waals surface area contributed by atoms with Crippen LogP contribution in [0, 0.1) is 17.3 Å². The van der Waals surface area contributed by atoms with Crippen molar-refractivity contribution in [3.05, 3.63) is 0 Å². The third kappa shape index (κ3) is 2.33. The Labute approximate surface area is 75.5 Å². The van der Waals surface area contributed by atoms with Gasteiger partial charge < -0.3 is 0 Å². The van der Waals surface area contributed by atoms with Gasteiger partial charge in [0.05, 0.1) is 0 Å². The lowest BCUT2D eigenvalue weighted by Crippen LogP contribution is -2.30. The predicted octanol–water partition coefficient (Wildman–Crippen LogP) is 3.04. The zero-order valence-corrected chi connectivity index (χ0v) is 8.68. The summed E-state index contributed by atoms with van der Waals surface area (Å²) in [5.74, 6) is 1.68. The molecule has 1 saturated carbocycles. The summed E-state index contributed by atoms with van der Waals surface area (Å²) in [6.45, 7) is 8.91. The zero-order valence-electron chi connectivity index (χ0n) is 8.68. The number of hydrogen-bond acceptors (Lipinski definition) is 1. The minimum Gasteiger partial charge on any atom is -0.300 e. The summed E-state index contributed by atoms with van der Waals surface area (Å²) in [6.07, 6.45) is 2.86. The van der Waals surface area contributed by atoms with Gasteiger partial charge in [0.1, 0.15) is 5.78 Å². The topological polar surface area (TPSA) is 17.1 Å². The Bertz CT molecular complexity index is 176. The number of carbonyl (C=O) groups excluding carboxylic acids is 1. The number of carbonyl (C=O) groups is 1. The molecule has 1 aliphatic carbocycles. The molecule has 12 heavy (non-hydrogen) atoms. The molecule has 1 rings (SSSR count). The third-order valence-corrected chi connectivity index (χ3v) is 2.96. The van der Waals surface area contributed by atoms with E-state index in [2.05, 4.69) is 27.7 Å². The molecule has 0 bridgehead atoms. The molecule has 1 aliphatic rings. The molecule has 1 nitrogen and oxygen atoms in total. The Hall–Kier alpha value is -0.330. The number of ketones is 1. The SMILES string of the molecule is CC1CC(=O)CC(C(C)(C)C)C1. The van der Waals surface area contributed by atoms with Gasteiger partial charge in [-0.25, -0.2) is 0 Å². The molecule has 1 heteroatoms. The van der Waals surface area contributed by atoms with E-state index < -0.39 is 0 Å². The highest BCUT2D eigenvalue weighted by molar-refractivity contribution is 5.79. The number of rotatable bonds is 0. The van der Waals surface area contributed by atoms with Gasteiger partial charge in [0.25, 0.3) is 0 Å². The van der Waals surface area contributed by atoms with Crippen LogP contribution in [0.2, 0.25) is 0 Å². The maximum Gasteiger partial charge on any atom is 0.133 e. The highest BCUT2D eigenvalue weighted by Gasteiger charge is 2.32. The van der Waals surface area contributed by atoms with Crippen molar-refractivity contribution in [2.24, 2.45) is 17.3 Å². The van der Waals surface area contributed by atoms with Crippen LogP contribution in [0.15, 0.2) is 0 Å².